The average molecular weight is 291 g/mol. The van der Waals surface area contributed by atoms with Gasteiger partial charge in [0.25, 0.3) is 0 Å². The van der Waals surface area contributed by atoms with Crippen molar-refractivity contribution in [2.75, 3.05) is 7.11 Å². The summed E-state index contributed by atoms with van der Waals surface area (Å²) in [5, 5.41) is 14.0. The van der Waals surface area contributed by atoms with Crippen LogP contribution in [-0.4, -0.2) is 27.0 Å². The number of aromatic nitrogens is 3. The van der Waals surface area contributed by atoms with Gasteiger partial charge in [-0.25, -0.2) is 9.67 Å². The molecule has 0 radical (unpaired) electrons. The molecule has 1 aromatic heterocycles. The second kappa shape index (κ2) is 7.08. The quantitative estimate of drug-likeness (QED) is 0.848. The predicted molar refractivity (Wildman–Crippen MR) is 78.3 cm³/mol. The molecule has 6 nitrogen and oxygen atoms in total. The molecule has 1 aromatic carbocycles. The minimum atomic E-state index is -0.612. The fraction of sp³-hybridized carbons (Fsp3) is 0.467. The van der Waals surface area contributed by atoms with E-state index in [1.807, 2.05) is 4.68 Å². The van der Waals surface area contributed by atoms with E-state index in [9.17, 15) is 5.11 Å². The van der Waals surface area contributed by atoms with Crippen LogP contribution in [0.25, 0.3) is 0 Å². The van der Waals surface area contributed by atoms with Gasteiger partial charge in [-0.3, -0.25) is 0 Å². The Kier molecular flexibility index (Phi) is 5.16. The average Bonchev–Trinajstić information content (AvgIpc) is 2.92. The minimum absolute atomic E-state index is 0.298. The van der Waals surface area contributed by atoms with E-state index in [1.165, 1.54) is 6.33 Å². The normalized spacial score (nSPS) is 12.2. The van der Waals surface area contributed by atoms with Crippen LogP contribution in [0, 0.1) is 0 Å². The maximum atomic E-state index is 9.81. The van der Waals surface area contributed by atoms with Gasteiger partial charge in [0.15, 0.2) is 5.82 Å². The Labute approximate surface area is 124 Å². The largest absolute Gasteiger partial charge is 0.497 e. The first-order valence-corrected chi connectivity index (χ1v) is 7.01. The molecule has 0 aliphatic heterocycles. The highest BCUT2D eigenvalue weighted by molar-refractivity contribution is 5.41. The summed E-state index contributed by atoms with van der Waals surface area (Å²) < 4.78 is 12.8. The van der Waals surface area contributed by atoms with E-state index >= 15 is 0 Å². The number of aliphatic hydroxyl groups is 1. The molecule has 21 heavy (non-hydrogen) atoms. The minimum Gasteiger partial charge on any atom is -0.497 e. The molecule has 0 aliphatic rings. The molecule has 0 unspecified atom stereocenters. The molecule has 0 bridgehead atoms. The molecule has 0 fully saturated rings. The molecule has 0 saturated carbocycles. The third kappa shape index (κ3) is 3.72. The zero-order chi connectivity index (χ0) is 15.2. The van der Waals surface area contributed by atoms with E-state index in [0.717, 1.165) is 24.4 Å². The monoisotopic (exact) mass is 291 g/mol. The van der Waals surface area contributed by atoms with E-state index in [-0.39, 0.29) is 0 Å². The summed E-state index contributed by atoms with van der Waals surface area (Å²) in [5.74, 6) is 2.04. The first-order chi connectivity index (χ1) is 10.2. The van der Waals surface area contributed by atoms with Gasteiger partial charge >= 0.3 is 0 Å². The predicted octanol–water partition coefficient (Wildman–Crippen LogP) is 2.33. The van der Waals surface area contributed by atoms with E-state index < -0.39 is 6.10 Å². The SMILES string of the molecule is CCCn1ncnc1COc1cc(OC)ccc1[C@H](C)O. The van der Waals surface area contributed by atoms with E-state index in [1.54, 1.807) is 32.2 Å². The lowest BCUT2D eigenvalue weighted by Gasteiger charge is -2.14. The molecule has 2 aromatic rings. The number of hydrogen-bond acceptors (Lipinski definition) is 5. The number of aliphatic hydroxyl groups excluding tert-OH is 1. The Morgan fingerprint density at radius 2 is 2.19 bits per heavy atom. The summed E-state index contributed by atoms with van der Waals surface area (Å²) >= 11 is 0. The fourth-order valence-corrected chi connectivity index (χ4v) is 2.05. The summed E-state index contributed by atoms with van der Waals surface area (Å²) in [4.78, 5) is 4.20. The molecule has 0 saturated heterocycles. The third-order valence-electron chi connectivity index (χ3n) is 3.16. The van der Waals surface area contributed by atoms with E-state index in [4.69, 9.17) is 9.47 Å². The van der Waals surface area contributed by atoms with Crippen LogP contribution in [0.2, 0.25) is 0 Å². The first kappa shape index (κ1) is 15.3. The summed E-state index contributed by atoms with van der Waals surface area (Å²) in [6.45, 7) is 4.89. The Morgan fingerprint density at radius 3 is 2.86 bits per heavy atom. The fourth-order valence-electron chi connectivity index (χ4n) is 2.05. The molecular formula is C15H21N3O3. The van der Waals surface area contributed by atoms with Crippen molar-refractivity contribution in [3.63, 3.8) is 0 Å². The Balaban J connectivity index is 2.16. The van der Waals surface area contributed by atoms with Crippen LogP contribution in [0.3, 0.4) is 0 Å². The van der Waals surface area contributed by atoms with Crippen LogP contribution in [0.5, 0.6) is 11.5 Å². The number of benzene rings is 1. The zero-order valence-electron chi connectivity index (χ0n) is 12.6. The number of rotatable bonds is 7. The second-order valence-corrected chi connectivity index (χ2v) is 4.77. The van der Waals surface area contributed by atoms with Crippen molar-refractivity contribution in [1.29, 1.82) is 0 Å². The van der Waals surface area contributed by atoms with Crippen LogP contribution in [-0.2, 0) is 13.2 Å². The summed E-state index contributed by atoms with van der Waals surface area (Å²) in [6, 6.07) is 5.37. The van der Waals surface area contributed by atoms with Gasteiger partial charge in [-0.2, -0.15) is 5.10 Å². The molecule has 114 valence electrons. The van der Waals surface area contributed by atoms with Crippen molar-refractivity contribution < 1.29 is 14.6 Å². The number of hydrogen-bond donors (Lipinski definition) is 1. The van der Waals surface area contributed by atoms with Gasteiger partial charge in [-0.1, -0.05) is 6.92 Å². The van der Waals surface area contributed by atoms with Gasteiger partial charge in [0, 0.05) is 18.2 Å². The molecule has 2 rings (SSSR count). The van der Waals surface area contributed by atoms with Crippen molar-refractivity contribution >= 4 is 0 Å². The molecule has 6 heteroatoms. The van der Waals surface area contributed by atoms with Crippen LogP contribution in [0.4, 0.5) is 0 Å². The summed E-state index contributed by atoms with van der Waals surface area (Å²) in [5.41, 5.74) is 0.720. The number of aryl methyl sites for hydroxylation is 1. The molecule has 0 spiro atoms. The molecule has 0 aliphatic carbocycles. The lowest BCUT2D eigenvalue weighted by atomic mass is 10.1. The van der Waals surface area contributed by atoms with Crippen molar-refractivity contribution in [2.45, 2.75) is 39.5 Å². The maximum absolute atomic E-state index is 9.81. The smallest absolute Gasteiger partial charge is 0.164 e. The lowest BCUT2D eigenvalue weighted by Crippen LogP contribution is -2.09. The van der Waals surface area contributed by atoms with Crippen LogP contribution >= 0.6 is 0 Å². The lowest BCUT2D eigenvalue weighted by molar-refractivity contribution is 0.188. The van der Waals surface area contributed by atoms with Crippen molar-refractivity contribution in [3.8, 4) is 11.5 Å². The number of nitrogens with zero attached hydrogens (tertiary/aromatic N) is 3. The van der Waals surface area contributed by atoms with Crippen molar-refractivity contribution in [3.05, 3.63) is 35.9 Å². The third-order valence-corrected chi connectivity index (χ3v) is 3.16. The van der Waals surface area contributed by atoms with Gasteiger partial charge in [-0.05, 0) is 25.5 Å². The summed E-state index contributed by atoms with van der Waals surface area (Å²) in [7, 11) is 1.60. The standard InChI is InChI=1S/C15H21N3O3/c1-4-7-18-15(16-10-17-18)9-21-14-8-12(20-3)5-6-13(14)11(2)19/h5-6,8,10-11,19H,4,7,9H2,1-3H3/t11-/m0/s1. The molecular weight excluding hydrogens is 270 g/mol. The van der Waals surface area contributed by atoms with E-state index in [2.05, 4.69) is 17.0 Å². The van der Waals surface area contributed by atoms with Crippen molar-refractivity contribution in [2.24, 2.45) is 0 Å². The van der Waals surface area contributed by atoms with Crippen LogP contribution in [0.15, 0.2) is 24.5 Å². The molecule has 1 N–H and O–H groups in total. The van der Waals surface area contributed by atoms with Crippen LogP contribution in [0.1, 0.15) is 37.8 Å². The Morgan fingerprint density at radius 1 is 1.38 bits per heavy atom. The maximum Gasteiger partial charge on any atom is 0.164 e. The summed E-state index contributed by atoms with van der Waals surface area (Å²) in [6.07, 6.45) is 1.89. The molecule has 1 atom stereocenters. The van der Waals surface area contributed by atoms with Gasteiger partial charge < -0.3 is 14.6 Å². The topological polar surface area (TPSA) is 69.4 Å². The molecule has 0 amide bonds. The first-order valence-electron chi connectivity index (χ1n) is 7.01. The zero-order valence-corrected chi connectivity index (χ0v) is 12.6. The van der Waals surface area contributed by atoms with Crippen LogP contribution < -0.4 is 9.47 Å². The Bertz CT molecular complexity index is 581. The highest BCUT2D eigenvalue weighted by Crippen LogP contribution is 2.30. The number of ether oxygens (including phenoxy) is 2. The second-order valence-electron chi connectivity index (χ2n) is 4.77. The van der Waals surface area contributed by atoms with Gasteiger partial charge in [0.2, 0.25) is 0 Å². The van der Waals surface area contributed by atoms with Gasteiger partial charge in [0.05, 0.1) is 13.2 Å². The number of methoxy groups -OCH3 is 1. The van der Waals surface area contributed by atoms with Crippen molar-refractivity contribution in [1.82, 2.24) is 14.8 Å². The van der Waals surface area contributed by atoms with Gasteiger partial charge in [0.1, 0.15) is 24.4 Å². The Hall–Kier alpha value is -2.08. The highest BCUT2D eigenvalue weighted by Gasteiger charge is 2.12. The molecule has 1 heterocycles. The van der Waals surface area contributed by atoms with E-state index in [0.29, 0.717) is 18.1 Å². The highest BCUT2D eigenvalue weighted by atomic mass is 16.5. The van der Waals surface area contributed by atoms with Gasteiger partial charge in [-0.15, -0.1) is 0 Å².